The van der Waals surface area contributed by atoms with Crippen LogP contribution in [0.5, 0.6) is 0 Å². The molecule has 178 valence electrons. The van der Waals surface area contributed by atoms with Gasteiger partial charge in [0.25, 0.3) is 5.56 Å². The lowest BCUT2D eigenvalue weighted by Crippen LogP contribution is -2.43. The van der Waals surface area contributed by atoms with Gasteiger partial charge in [-0.2, -0.15) is 0 Å². The fourth-order valence-corrected chi connectivity index (χ4v) is 4.22. The van der Waals surface area contributed by atoms with Crippen LogP contribution >= 0.6 is 12.2 Å². The minimum Gasteiger partial charge on any atom is -0.332 e. The van der Waals surface area contributed by atoms with E-state index in [-0.39, 0.29) is 22.5 Å². The number of fused-ring (bicyclic) bond motifs is 1. The molecule has 0 spiro atoms. The average molecular weight is 485 g/mol. The molecule has 2 N–H and O–H groups in total. The number of aromatic nitrogens is 2. The van der Waals surface area contributed by atoms with Crippen molar-refractivity contribution in [2.45, 2.75) is 33.2 Å². The van der Waals surface area contributed by atoms with E-state index < -0.39 is 6.04 Å². The molecule has 0 saturated carbocycles. The van der Waals surface area contributed by atoms with Crippen LogP contribution in [0, 0.1) is 12.8 Å². The van der Waals surface area contributed by atoms with Crippen molar-refractivity contribution in [1.82, 2.24) is 14.9 Å². The normalized spacial score (nSPS) is 11.9. The molecule has 0 aliphatic heterocycles. The summed E-state index contributed by atoms with van der Waals surface area (Å²) in [4.78, 5) is 32.1. The summed E-state index contributed by atoms with van der Waals surface area (Å²) < 4.78 is 1.52. The number of aryl methyl sites for hydroxylation is 1. The molecule has 0 aliphatic rings. The zero-order valence-corrected chi connectivity index (χ0v) is 20.8. The Morgan fingerprint density at radius 3 is 2.31 bits per heavy atom. The molecule has 3 aromatic carbocycles. The van der Waals surface area contributed by atoms with Crippen molar-refractivity contribution in [1.29, 1.82) is 0 Å². The van der Waals surface area contributed by atoms with E-state index in [9.17, 15) is 9.59 Å². The highest BCUT2D eigenvalue weighted by atomic mass is 32.1. The Morgan fingerprint density at radius 2 is 1.63 bits per heavy atom. The molecule has 1 atom stereocenters. The summed E-state index contributed by atoms with van der Waals surface area (Å²) in [5.74, 6) is 0.235. The van der Waals surface area contributed by atoms with E-state index >= 15 is 0 Å². The van der Waals surface area contributed by atoms with Crippen molar-refractivity contribution >= 4 is 39.8 Å². The Balaban J connectivity index is 1.76. The first-order chi connectivity index (χ1) is 16.8. The van der Waals surface area contributed by atoms with Gasteiger partial charge in [0.05, 0.1) is 10.9 Å². The van der Waals surface area contributed by atoms with Crippen LogP contribution < -0.4 is 16.2 Å². The molecule has 1 amide bonds. The molecule has 0 aliphatic carbocycles. The van der Waals surface area contributed by atoms with Crippen LogP contribution in [0.3, 0.4) is 0 Å². The molecule has 35 heavy (non-hydrogen) atoms. The zero-order valence-electron chi connectivity index (χ0n) is 20.0. The lowest BCUT2D eigenvalue weighted by Gasteiger charge is -2.24. The van der Waals surface area contributed by atoms with Gasteiger partial charge >= 0.3 is 0 Å². The van der Waals surface area contributed by atoms with E-state index in [2.05, 4.69) is 10.6 Å². The maximum atomic E-state index is 13.8. The SMILES string of the molecule is Cc1ccc(NC(=S)NC(=O)[C@H](CC(C)C)n2c(-c3ccccc3)nc3ccccc3c2=O)cc1. The highest BCUT2D eigenvalue weighted by molar-refractivity contribution is 7.80. The van der Waals surface area contributed by atoms with E-state index in [4.69, 9.17) is 17.2 Å². The largest absolute Gasteiger partial charge is 0.332 e. The molecule has 1 aromatic heterocycles. The van der Waals surface area contributed by atoms with Crippen molar-refractivity contribution in [2.24, 2.45) is 5.92 Å². The lowest BCUT2D eigenvalue weighted by atomic mass is 10.0. The number of hydrogen-bond acceptors (Lipinski definition) is 4. The van der Waals surface area contributed by atoms with Gasteiger partial charge in [-0.25, -0.2) is 4.98 Å². The Labute approximate surface area is 210 Å². The standard InChI is InChI=1S/C28H28N4O2S/c1-18(2)17-24(26(33)31-28(35)29-21-15-13-19(3)14-16-21)32-25(20-9-5-4-6-10-20)30-23-12-8-7-11-22(23)27(32)34/h4-16,18,24H,17H2,1-3H3,(H2,29,31,33,35)/t24-/m0/s1. The summed E-state index contributed by atoms with van der Waals surface area (Å²) in [5.41, 5.74) is 2.99. The number of thiocarbonyl (C=S) groups is 1. The first-order valence-corrected chi connectivity index (χ1v) is 12.0. The van der Waals surface area contributed by atoms with Crippen molar-refractivity contribution in [2.75, 3.05) is 5.32 Å². The molecule has 0 unspecified atom stereocenters. The number of carbonyl (C=O) groups excluding carboxylic acids is 1. The van der Waals surface area contributed by atoms with Gasteiger partial charge in [-0.1, -0.05) is 74.0 Å². The number of nitrogens with zero attached hydrogens (tertiary/aromatic N) is 2. The lowest BCUT2D eigenvalue weighted by molar-refractivity contribution is -0.123. The number of rotatable bonds is 6. The van der Waals surface area contributed by atoms with Gasteiger partial charge in [0, 0.05) is 11.3 Å². The zero-order chi connectivity index (χ0) is 24.9. The number of benzene rings is 3. The van der Waals surface area contributed by atoms with Gasteiger partial charge < -0.3 is 10.6 Å². The maximum Gasteiger partial charge on any atom is 0.262 e. The second-order valence-electron chi connectivity index (χ2n) is 8.95. The molecular formula is C28H28N4O2S. The van der Waals surface area contributed by atoms with Crippen LogP contribution in [0.15, 0.2) is 83.7 Å². The minimum atomic E-state index is -0.799. The molecule has 0 saturated heterocycles. The van der Waals surface area contributed by atoms with Crippen molar-refractivity contribution in [3.8, 4) is 11.4 Å². The molecule has 1 heterocycles. The van der Waals surface area contributed by atoms with E-state index in [1.54, 1.807) is 12.1 Å². The second kappa shape index (κ2) is 10.6. The average Bonchev–Trinajstić information content (AvgIpc) is 2.84. The molecule has 6 nitrogen and oxygen atoms in total. The van der Waals surface area contributed by atoms with E-state index in [1.165, 1.54) is 4.57 Å². The highest BCUT2D eigenvalue weighted by Gasteiger charge is 2.28. The summed E-state index contributed by atoms with van der Waals surface area (Å²) in [6.45, 7) is 6.04. The molecule has 0 radical (unpaired) electrons. The number of amides is 1. The van der Waals surface area contributed by atoms with Gasteiger partial charge in [-0.15, -0.1) is 0 Å². The molecule has 7 heteroatoms. The summed E-state index contributed by atoms with van der Waals surface area (Å²) in [7, 11) is 0. The van der Waals surface area contributed by atoms with Gasteiger partial charge in [0.2, 0.25) is 5.91 Å². The van der Waals surface area contributed by atoms with Crippen molar-refractivity contribution in [3.05, 3.63) is 94.8 Å². The van der Waals surface area contributed by atoms with Crippen LogP contribution in [0.2, 0.25) is 0 Å². The molecule has 4 aromatic rings. The third kappa shape index (κ3) is 5.63. The summed E-state index contributed by atoms with van der Waals surface area (Å²) in [5, 5.41) is 6.48. The molecular weight excluding hydrogens is 456 g/mol. The van der Waals surface area contributed by atoms with Crippen LogP contribution in [0.1, 0.15) is 31.9 Å². The molecule has 0 fully saturated rings. The third-order valence-electron chi connectivity index (χ3n) is 5.69. The Kier molecular flexibility index (Phi) is 7.36. The van der Waals surface area contributed by atoms with E-state index in [0.29, 0.717) is 23.1 Å². The first-order valence-electron chi connectivity index (χ1n) is 11.6. The smallest absolute Gasteiger partial charge is 0.262 e. The number of anilines is 1. The quantitative estimate of drug-likeness (QED) is 0.355. The molecule has 0 bridgehead atoms. The Hall–Kier alpha value is -3.84. The van der Waals surface area contributed by atoms with Gasteiger partial charge in [-0.3, -0.25) is 14.2 Å². The Bertz CT molecular complexity index is 1410. The fraction of sp³-hybridized carbons (Fsp3) is 0.214. The van der Waals surface area contributed by atoms with Crippen LogP contribution in [-0.4, -0.2) is 20.6 Å². The van der Waals surface area contributed by atoms with E-state index in [0.717, 1.165) is 16.8 Å². The number of hydrogen-bond donors (Lipinski definition) is 2. The predicted octanol–water partition coefficient (Wildman–Crippen LogP) is 5.47. The number of carbonyl (C=O) groups is 1. The minimum absolute atomic E-state index is 0.145. The summed E-state index contributed by atoms with van der Waals surface area (Å²) in [6.07, 6.45) is 0.443. The van der Waals surface area contributed by atoms with Crippen molar-refractivity contribution < 1.29 is 4.79 Å². The van der Waals surface area contributed by atoms with Gasteiger partial charge in [0.1, 0.15) is 11.9 Å². The molecule has 4 rings (SSSR count). The topological polar surface area (TPSA) is 76.0 Å². The monoisotopic (exact) mass is 484 g/mol. The number of nitrogens with one attached hydrogen (secondary N) is 2. The Morgan fingerprint density at radius 1 is 0.971 bits per heavy atom. The van der Waals surface area contributed by atoms with E-state index in [1.807, 2.05) is 87.5 Å². The van der Waals surface area contributed by atoms with Crippen LogP contribution in [0.25, 0.3) is 22.3 Å². The fourth-order valence-electron chi connectivity index (χ4n) is 4.00. The second-order valence-corrected chi connectivity index (χ2v) is 9.36. The van der Waals surface area contributed by atoms with Gasteiger partial charge in [-0.05, 0) is 55.7 Å². The maximum absolute atomic E-state index is 13.8. The first kappa shape index (κ1) is 24.3. The summed E-state index contributed by atoms with van der Waals surface area (Å²) in [6, 6.07) is 23.6. The van der Waals surface area contributed by atoms with Crippen LogP contribution in [-0.2, 0) is 4.79 Å². The van der Waals surface area contributed by atoms with Crippen LogP contribution in [0.4, 0.5) is 5.69 Å². The predicted molar refractivity (Wildman–Crippen MR) is 145 cm³/mol. The summed E-state index contributed by atoms with van der Waals surface area (Å²) >= 11 is 5.42. The van der Waals surface area contributed by atoms with Gasteiger partial charge in [0.15, 0.2) is 5.11 Å². The number of para-hydroxylation sites is 1. The third-order valence-corrected chi connectivity index (χ3v) is 5.90. The van der Waals surface area contributed by atoms with Crippen molar-refractivity contribution in [3.63, 3.8) is 0 Å². The highest BCUT2D eigenvalue weighted by Crippen LogP contribution is 2.25.